The maximum absolute atomic E-state index is 13.4. The fraction of sp³-hybridized carbons (Fsp3) is 0.167. The highest BCUT2D eigenvalue weighted by Gasteiger charge is 2.36. The monoisotopic (exact) mass is 500 g/mol. The van der Waals surface area contributed by atoms with Crippen LogP contribution in [0.15, 0.2) is 82.6 Å². The molecule has 0 N–H and O–H groups in total. The Morgan fingerprint density at radius 1 is 0.559 bits per heavy atom. The molecule has 8 nitrogen and oxygen atoms in total. The first-order valence-electron chi connectivity index (χ1n) is 10.2. The van der Waals surface area contributed by atoms with Gasteiger partial charge in [0.25, 0.3) is 20.0 Å². The summed E-state index contributed by atoms with van der Waals surface area (Å²) in [7, 11) is -8.83. The number of sulfonamides is 2. The number of para-hydroxylation sites is 2. The number of anilines is 2. The number of nitrogens with zero attached hydrogens (tertiary/aromatic N) is 2. The number of carbonyl (C=O) groups is 2. The number of hydrogen-bond donors (Lipinski definition) is 0. The quantitative estimate of drug-likeness (QED) is 0.510. The van der Waals surface area contributed by atoms with Crippen molar-refractivity contribution >= 4 is 43.2 Å². The Labute approximate surface area is 199 Å². The van der Waals surface area contributed by atoms with Crippen LogP contribution in [0, 0.1) is 13.8 Å². The first-order valence-corrected chi connectivity index (χ1v) is 13.1. The second kappa shape index (κ2) is 9.40. The minimum atomic E-state index is -4.42. The van der Waals surface area contributed by atoms with Crippen LogP contribution in [0.25, 0.3) is 0 Å². The van der Waals surface area contributed by atoms with Gasteiger partial charge >= 0.3 is 0 Å². The Balaban J connectivity index is 2.25. The van der Waals surface area contributed by atoms with Crippen molar-refractivity contribution in [1.82, 2.24) is 0 Å². The Morgan fingerprint density at radius 2 is 0.853 bits per heavy atom. The SMILES string of the molecule is CC(=O)N(c1ccccc1N(C(C)=O)S(=O)(=O)c1ccc(C)cc1)S(=O)(=O)c1ccc(C)cc1. The zero-order valence-corrected chi connectivity index (χ0v) is 20.7. The van der Waals surface area contributed by atoms with Crippen molar-refractivity contribution in [3.8, 4) is 0 Å². The molecule has 0 aliphatic heterocycles. The van der Waals surface area contributed by atoms with Gasteiger partial charge in [-0.05, 0) is 50.2 Å². The van der Waals surface area contributed by atoms with Gasteiger partial charge in [0.2, 0.25) is 11.8 Å². The third kappa shape index (κ3) is 4.73. The van der Waals surface area contributed by atoms with Gasteiger partial charge in [-0.1, -0.05) is 47.5 Å². The average Bonchev–Trinajstić information content (AvgIpc) is 2.75. The maximum atomic E-state index is 13.4. The summed E-state index contributed by atoms with van der Waals surface area (Å²) in [6, 6.07) is 17.2. The summed E-state index contributed by atoms with van der Waals surface area (Å²) < 4.78 is 54.8. The fourth-order valence-corrected chi connectivity index (χ4v) is 6.26. The molecule has 3 aromatic rings. The lowest BCUT2D eigenvalue weighted by molar-refractivity contribution is -0.116. The van der Waals surface area contributed by atoms with Crippen LogP contribution in [0.3, 0.4) is 0 Å². The topological polar surface area (TPSA) is 109 Å². The van der Waals surface area contributed by atoms with Crippen LogP contribution in [0.5, 0.6) is 0 Å². The van der Waals surface area contributed by atoms with Crippen LogP contribution < -0.4 is 8.61 Å². The van der Waals surface area contributed by atoms with Gasteiger partial charge in [0, 0.05) is 13.8 Å². The number of aryl methyl sites for hydroxylation is 2. The van der Waals surface area contributed by atoms with Gasteiger partial charge in [-0.2, -0.15) is 0 Å². The number of amides is 2. The van der Waals surface area contributed by atoms with Gasteiger partial charge in [0.15, 0.2) is 0 Å². The molecule has 0 radical (unpaired) electrons. The maximum Gasteiger partial charge on any atom is 0.270 e. The van der Waals surface area contributed by atoms with E-state index in [1.807, 2.05) is 0 Å². The molecular weight excluding hydrogens is 476 g/mol. The molecule has 3 rings (SSSR count). The molecule has 0 fully saturated rings. The molecular formula is C24H24N2O6S2. The summed E-state index contributed by atoms with van der Waals surface area (Å²) in [6.07, 6.45) is 0. The van der Waals surface area contributed by atoms with E-state index >= 15 is 0 Å². The molecule has 34 heavy (non-hydrogen) atoms. The molecule has 0 aliphatic carbocycles. The molecule has 0 heterocycles. The summed E-state index contributed by atoms with van der Waals surface area (Å²) in [6.45, 7) is 5.68. The standard InChI is InChI=1S/C24H24N2O6S2/c1-17-9-13-21(14-10-17)33(29,30)25(19(3)27)23-7-5-6-8-24(23)26(20(4)28)34(31,32)22-15-11-18(2)12-16-22/h5-16H,1-4H3. The van der Waals surface area contributed by atoms with Crippen molar-refractivity contribution < 1.29 is 26.4 Å². The first-order chi connectivity index (χ1) is 15.9. The molecule has 0 aliphatic rings. The predicted octanol–water partition coefficient (Wildman–Crippen LogP) is 3.79. The smallest absolute Gasteiger partial charge is 0.270 e. The zero-order chi connectivity index (χ0) is 25.3. The summed E-state index contributed by atoms with van der Waals surface area (Å²) in [5.41, 5.74) is 1.12. The van der Waals surface area contributed by atoms with Crippen LogP contribution in [0.2, 0.25) is 0 Å². The van der Waals surface area contributed by atoms with Gasteiger partial charge in [0.05, 0.1) is 21.2 Å². The third-order valence-electron chi connectivity index (χ3n) is 5.01. The van der Waals surface area contributed by atoms with E-state index in [0.717, 1.165) is 25.0 Å². The van der Waals surface area contributed by atoms with Crippen LogP contribution >= 0.6 is 0 Å². The van der Waals surface area contributed by atoms with Crippen molar-refractivity contribution in [2.45, 2.75) is 37.5 Å². The second-order valence-electron chi connectivity index (χ2n) is 7.69. The van der Waals surface area contributed by atoms with E-state index in [1.54, 1.807) is 38.1 Å². The Morgan fingerprint density at radius 3 is 1.12 bits per heavy atom. The molecule has 0 spiro atoms. The fourth-order valence-electron chi connectivity index (χ4n) is 3.38. The van der Waals surface area contributed by atoms with E-state index in [0.29, 0.717) is 8.61 Å². The van der Waals surface area contributed by atoms with Gasteiger partial charge in [-0.25, -0.2) is 25.4 Å². The summed E-state index contributed by atoms with van der Waals surface area (Å²) in [5.74, 6) is -1.74. The van der Waals surface area contributed by atoms with Crippen LogP contribution in [0.4, 0.5) is 11.4 Å². The van der Waals surface area contributed by atoms with E-state index in [1.165, 1.54) is 48.5 Å². The van der Waals surface area contributed by atoms with Crippen molar-refractivity contribution in [1.29, 1.82) is 0 Å². The average molecular weight is 501 g/mol. The normalized spacial score (nSPS) is 11.6. The number of hydrogen-bond acceptors (Lipinski definition) is 6. The van der Waals surface area contributed by atoms with E-state index in [4.69, 9.17) is 0 Å². The highest BCUT2D eigenvalue weighted by Crippen LogP contribution is 2.36. The highest BCUT2D eigenvalue weighted by atomic mass is 32.2. The largest absolute Gasteiger partial charge is 0.274 e. The van der Waals surface area contributed by atoms with E-state index < -0.39 is 31.9 Å². The molecule has 2 amide bonds. The summed E-state index contributed by atoms with van der Waals surface area (Å²) in [5, 5.41) is 0. The molecule has 0 saturated heterocycles. The molecule has 0 atom stereocenters. The number of benzene rings is 3. The molecule has 0 saturated carbocycles. The first kappa shape index (κ1) is 25.1. The number of rotatable bonds is 6. The van der Waals surface area contributed by atoms with E-state index in [2.05, 4.69) is 0 Å². The minimum absolute atomic E-state index is 0.154. The lowest BCUT2D eigenvalue weighted by Crippen LogP contribution is -2.40. The van der Waals surface area contributed by atoms with Crippen molar-refractivity contribution in [2.75, 3.05) is 8.61 Å². The zero-order valence-electron chi connectivity index (χ0n) is 19.1. The second-order valence-corrected chi connectivity index (χ2v) is 11.3. The van der Waals surface area contributed by atoms with Crippen molar-refractivity contribution in [2.24, 2.45) is 0 Å². The van der Waals surface area contributed by atoms with Gasteiger partial charge < -0.3 is 0 Å². The predicted molar refractivity (Wildman–Crippen MR) is 129 cm³/mol. The lowest BCUT2D eigenvalue weighted by Gasteiger charge is -2.28. The summed E-state index contributed by atoms with van der Waals surface area (Å²) in [4.78, 5) is 24.9. The van der Waals surface area contributed by atoms with E-state index in [9.17, 15) is 26.4 Å². The Bertz CT molecular complexity index is 1330. The number of carbonyl (C=O) groups excluding carboxylic acids is 2. The molecule has 0 unspecified atom stereocenters. The Hall–Kier alpha value is -3.50. The van der Waals surface area contributed by atoms with Gasteiger partial charge in [-0.15, -0.1) is 0 Å². The van der Waals surface area contributed by atoms with Crippen LogP contribution in [-0.4, -0.2) is 28.6 Å². The van der Waals surface area contributed by atoms with Gasteiger partial charge in [0.1, 0.15) is 0 Å². The van der Waals surface area contributed by atoms with Crippen LogP contribution in [0.1, 0.15) is 25.0 Å². The van der Waals surface area contributed by atoms with Crippen molar-refractivity contribution in [3.63, 3.8) is 0 Å². The van der Waals surface area contributed by atoms with E-state index in [-0.39, 0.29) is 21.2 Å². The molecule has 0 bridgehead atoms. The summed E-state index contributed by atoms with van der Waals surface area (Å²) >= 11 is 0. The van der Waals surface area contributed by atoms with Gasteiger partial charge in [-0.3, -0.25) is 9.59 Å². The molecule has 3 aromatic carbocycles. The molecule has 0 aromatic heterocycles. The Kier molecular flexibility index (Phi) is 6.94. The molecule has 10 heteroatoms. The minimum Gasteiger partial charge on any atom is -0.274 e. The molecule has 178 valence electrons. The van der Waals surface area contributed by atoms with Crippen molar-refractivity contribution in [3.05, 3.63) is 83.9 Å². The lowest BCUT2D eigenvalue weighted by atomic mass is 10.2. The third-order valence-corrected chi connectivity index (χ3v) is 8.61. The van der Waals surface area contributed by atoms with Crippen LogP contribution in [-0.2, 0) is 29.6 Å². The highest BCUT2D eigenvalue weighted by molar-refractivity contribution is 7.94.